The van der Waals surface area contributed by atoms with Gasteiger partial charge in [-0.2, -0.15) is 0 Å². The minimum absolute atomic E-state index is 0. The molecule has 1 heterocycles. The summed E-state index contributed by atoms with van der Waals surface area (Å²) in [5.41, 5.74) is 7.65. The molecule has 1 fully saturated rings. The average Bonchev–Trinajstić information content (AvgIpc) is 2.63. The van der Waals surface area contributed by atoms with Gasteiger partial charge in [0.1, 0.15) is 5.54 Å². The van der Waals surface area contributed by atoms with Crippen molar-refractivity contribution in [3.8, 4) is 0 Å². The highest BCUT2D eigenvalue weighted by atomic mass is 35.5. The molecule has 0 bridgehead atoms. The van der Waals surface area contributed by atoms with E-state index >= 15 is 0 Å². The van der Waals surface area contributed by atoms with Crippen LogP contribution in [0.25, 0.3) is 0 Å². The lowest BCUT2D eigenvalue weighted by molar-refractivity contribution is -0.137. The second-order valence-corrected chi connectivity index (χ2v) is 6.55. The Morgan fingerprint density at radius 2 is 1.50 bits per heavy atom. The molecule has 1 atom stereocenters. The van der Waals surface area contributed by atoms with E-state index in [-0.39, 0.29) is 18.3 Å². The van der Waals surface area contributed by atoms with Crippen molar-refractivity contribution >= 4 is 18.3 Å². The first-order chi connectivity index (χ1) is 11.1. The highest BCUT2D eigenvalue weighted by Crippen LogP contribution is 2.30. The summed E-state index contributed by atoms with van der Waals surface area (Å²) in [6.07, 6.45) is 2.00. The topological polar surface area (TPSA) is 46.3 Å². The maximum atomic E-state index is 12.9. The van der Waals surface area contributed by atoms with Crippen molar-refractivity contribution in [3.05, 3.63) is 71.8 Å². The second-order valence-electron chi connectivity index (χ2n) is 6.55. The van der Waals surface area contributed by atoms with Crippen LogP contribution in [0.4, 0.5) is 0 Å². The maximum Gasteiger partial charge on any atom is 0.246 e. The summed E-state index contributed by atoms with van der Waals surface area (Å²) in [4.78, 5) is 14.8. The molecular weight excluding hydrogens is 320 g/mol. The SMILES string of the molecule is CC(N)(C(=O)N1CCC(c2ccccc2)CC1)c1ccccc1.Cl. The molecule has 4 heteroatoms. The van der Waals surface area contributed by atoms with E-state index in [4.69, 9.17) is 5.73 Å². The van der Waals surface area contributed by atoms with Crippen molar-refractivity contribution in [1.29, 1.82) is 0 Å². The zero-order valence-corrected chi connectivity index (χ0v) is 14.8. The van der Waals surface area contributed by atoms with Crippen LogP contribution in [0, 0.1) is 0 Å². The molecule has 24 heavy (non-hydrogen) atoms. The Bertz CT molecular complexity index is 650. The third-order valence-corrected chi connectivity index (χ3v) is 4.87. The molecule has 0 saturated carbocycles. The van der Waals surface area contributed by atoms with Gasteiger partial charge in [0.15, 0.2) is 0 Å². The molecular formula is C20H25ClN2O. The minimum atomic E-state index is -0.957. The number of hydrogen-bond acceptors (Lipinski definition) is 2. The van der Waals surface area contributed by atoms with Crippen LogP contribution in [-0.2, 0) is 10.3 Å². The molecule has 0 radical (unpaired) electrons. The monoisotopic (exact) mass is 344 g/mol. The van der Waals surface area contributed by atoms with Gasteiger partial charge >= 0.3 is 0 Å². The molecule has 1 saturated heterocycles. The van der Waals surface area contributed by atoms with Gasteiger partial charge in [-0.1, -0.05) is 60.7 Å². The van der Waals surface area contributed by atoms with Crippen LogP contribution in [0.15, 0.2) is 60.7 Å². The van der Waals surface area contributed by atoms with Crippen molar-refractivity contribution in [2.45, 2.75) is 31.2 Å². The van der Waals surface area contributed by atoms with Crippen LogP contribution in [0.2, 0.25) is 0 Å². The largest absolute Gasteiger partial charge is 0.341 e. The van der Waals surface area contributed by atoms with E-state index in [1.807, 2.05) is 48.2 Å². The van der Waals surface area contributed by atoms with E-state index < -0.39 is 5.54 Å². The quantitative estimate of drug-likeness (QED) is 0.923. The van der Waals surface area contributed by atoms with Gasteiger partial charge in [0.2, 0.25) is 5.91 Å². The molecule has 3 rings (SSSR count). The number of nitrogens with zero attached hydrogens (tertiary/aromatic N) is 1. The van der Waals surface area contributed by atoms with Crippen LogP contribution in [-0.4, -0.2) is 23.9 Å². The number of piperidine rings is 1. The van der Waals surface area contributed by atoms with Gasteiger partial charge in [-0.3, -0.25) is 4.79 Å². The molecule has 0 aromatic heterocycles. The number of amides is 1. The molecule has 1 amide bonds. The fourth-order valence-corrected chi connectivity index (χ4v) is 3.38. The summed E-state index contributed by atoms with van der Waals surface area (Å²) in [5.74, 6) is 0.566. The zero-order valence-electron chi connectivity index (χ0n) is 14.0. The summed E-state index contributed by atoms with van der Waals surface area (Å²) in [5, 5.41) is 0. The average molecular weight is 345 g/mol. The van der Waals surface area contributed by atoms with Crippen LogP contribution in [0.1, 0.15) is 36.8 Å². The number of hydrogen-bond donors (Lipinski definition) is 1. The number of carbonyl (C=O) groups is 1. The second kappa shape index (κ2) is 7.82. The third-order valence-electron chi connectivity index (χ3n) is 4.87. The standard InChI is InChI=1S/C20H24N2O.ClH/c1-20(21,18-10-6-3-7-11-18)19(23)22-14-12-17(13-15-22)16-8-4-2-5-9-16;/h2-11,17H,12-15,21H2,1H3;1H. The smallest absolute Gasteiger partial charge is 0.246 e. The lowest BCUT2D eigenvalue weighted by Gasteiger charge is -2.37. The van der Waals surface area contributed by atoms with E-state index in [9.17, 15) is 4.79 Å². The van der Waals surface area contributed by atoms with Crippen LogP contribution in [0.5, 0.6) is 0 Å². The van der Waals surface area contributed by atoms with Crippen molar-refractivity contribution in [3.63, 3.8) is 0 Å². The van der Waals surface area contributed by atoms with Gasteiger partial charge in [0.25, 0.3) is 0 Å². The van der Waals surface area contributed by atoms with Crippen molar-refractivity contribution in [2.75, 3.05) is 13.1 Å². The Morgan fingerprint density at radius 1 is 1.00 bits per heavy atom. The van der Waals surface area contributed by atoms with Crippen molar-refractivity contribution in [2.24, 2.45) is 5.73 Å². The van der Waals surface area contributed by atoms with Crippen LogP contribution >= 0.6 is 12.4 Å². The summed E-state index contributed by atoms with van der Waals surface area (Å²) in [6.45, 7) is 3.37. The van der Waals surface area contributed by atoms with E-state index in [0.29, 0.717) is 5.92 Å². The lowest BCUT2D eigenvalue weighted by Crippen LogP contribution is -2.52. The Morgan fingerprint density at radius 3 is 2.04 bits per heavy atom. The molecule has 2 aromatic carbocycles. The molecule has 0 aliphatic carbocycles. The highest BCUT2D eigenvalue weighted by Gasteiger charge is 2.36. The van der Waals surface area contributed by atoms with E-state index in [1.165, 1.54) is 5.56 Å². The number of rotatable bonds is 3. The molecule has 1 aliphatic heterocycles. The Kier molecular flexibility index (Phi) is 6.03. The molecule has 0 spiro atoms. The molecule has 2 N–H and O–H groups in total. The predicted molar refractivity (Wildman–Crippen MR) is 100 cm³/mol. The number of halogens is 1. The van der Waals surface area contributed by atoms with Crippen LogP contribution in [0.3, 0.4) is 0 Å². The fourth-order valence-electron chi connectivity index (χ4n) is 3.38. The van der Waals surface area contributed by atoms with Gasteiger partial charge in [0, 0.05) is 13.1 Å². The molecule has 3 nitrogen and oxygen atoms in total. The summed E-state index contributed by atoms with van der Waals surface area (Å²) < 4.78 is 0. The van der Waals surface area contributed by atoms with Gasteiger partial charge < -0.3 is 10.6 Å². The highest BCUT2D eigenvalue weighted by molar-refractivity contribution is 5.87. The first kappa shape index (κ1) is 18.5. The molecule has 2 aromatic rings. The van der Waals surface area contributed by atoms with Gasteiger partial charge in [-0.25, -0.2) is 0 Å². The normalized spacial score (nSPS) is 17.7. The Balaban J connectivity index is 0.00000208. The Hall–Kier alpha value is -1.84. The Labute approximate surface area is 150 Å². The summed E-state index contributed by atoms with van der Waals surface area (Å²) in [6, 6.07) is 20.2. The van der Waals surface area contributed by atoms with Gasteiger partial charge in [0.05, 0.1) is 0 Å². The van der Waals surface area contributed by atoms with Gasteiger partial charge in [-0.05, 0) is 36.8 Å². The van der Waals surface area contributed by atoms with E-state index in [0.717, 1.165) is 31.5 Å². The summed E-state index contributed by atoms with van der Waals surface area (Å²) >= 11 is 0. The number of likely N-dealkylation sites (tertiary alicyclic amines) is 1. The van der Waals surface area contributed by atoms with Crippen molar-refractivity contribution in [1.82, 2.24) is 4.90 Å². The number of benzene rings is 2. The third kappa shape index (κ3) is 3.80. The predicted octanol–water partition coefficient (Wildman–Crippen LogP) is 3.69. The van der Waals surface area contributed by atoms with Gasteiger partial charge in [-0.15, -0.1) is 12.4 Å². The molecule has 1 aliphatic rings. The number of nitrogens with two attached hydrogens (primary N) is 1. The minimum Gasteiger partial charge on any atom is -0.341 e. The maximum absolute atomic E-state index is 12.9. The first-order valence-electron chi connectivity index (χ1n) is 8.28. The van der Waals surface area contributed by atoms with E-state index in [2.05, 4.69) is 24.3 Å². The van der Waals surface area contributed by atoms with Crippen molar-refractivity contribution < 1.29 is 4.79 Å². The molecule has 128 valence electrons. The first-order valence-corrected chi connectivity index (χ1v) is 8.28. The lowest BCUT2D eigenvalue weighted by atomic mass is 9.87. The summed E-state index contributed by atoms with van der Waals surface area (Å²) in [7, 11) is 0. The van der Waals surface area contributed by atoms with E-state index in [1.54, 1.807) is 0 Å². The fraction of sp³-hybridized carbons (Fsp3) is 0.350. The zero-order chi connectivity index (χ0) is 16.3. The van der Waals surface area contributed by atoms with Crippen LogP contribution < -0.4 is 5.73 Å². The molecule has 1 unspecified atom stereocenters. The number of carbonyl (C=O) groups excluding carboxylic acids is 1.